The number of pyridine rings is 1. The lowest BCUT2D eigenvalue weighted by atomic mass is 10.1. The Morgan fingerprint density at radius 2 is 1.87 bits per heavy atom. The van der Waals surface area contributed by atoms with Gasteiger partial charge in [0.2, 0.25) is 0 Å². The molecule has 0 atom stereocenters. The van der Waals surface area contributed by atoms with Gasteiger partial charge in [0.15, 0.2) is 0 Å². The molecule has 1 aromatic carbocycles. The van der Waals surface area contributed by atoms with Crippen LogP contribution < -0.4 is 5.32 Å². The van der Waals surface area contributed by atoms with Crippen molar-refractivity contribution in [1.82, 2.24) is 20.5 Å². The van der Waals surface area contributed by atoms with Crippen molar-refractivity contribution in [2.45, 2.75) is 6.42 Å². The molecule has 0 radical (unpaired) electrons. The van der Waals surface area contributed by atoms with Gasteiger partial charge in [-0.25, -0.2) is 0 Å². The summed E-state index contributed by atoms with van der Waals surface area (Å²) in [5.74, 6) is 0.0375. The zero-order valence-corrected chi connectivity index (χ0v) is 12.4. The van der Waals surface area contributed by atoms with E-state index in [1.54, 1.807) is 30.6 Å². The summed E-state index contributed by atoms with van der Waals surface area (Å²) in [6.07, 6.45) is 4.06. The van der Waals surface area contributed by atoms with Crippen molar-refractivity contribution in [3.05, 3.63) is 66.1 Å². The van der Waals surface area contributed by atoms with E-state index >= 15 is 0 Å². The molecule has 6 heteroatoms. The first kappa shape index (κ1) is 14.8. The van der Waals surface area contributed by atoms with Crippen LogP contribution in [-0.2, 0) is 6.42 Å². The fourth-order valence-electron chi connectivity index (χ4n) is 2.19. The van der Waals surface area contributed by atoms with Crippen molar-refractivity contribution in [1.29, 1.82) is 0 Å². The molecule has 0 aliphatic rings. The van der Waals surface area contributed by atoms with Crippen LogP contribution in [0, 0.1) is 0 Å². The average molecular weight is 308 g/mol. The van der Waals surface area contributed by atoms with Crippen molar-refractivity contribution < 1.29 is 9.90 Å². The van der Waals surface area contributed by atoms with E-state index in [0.717, 1.165) is 11.1 Å². The highest BCUT2D eigenvalue weighted by molar-refractivity contribution is 5.93. The van der Waals surface area contributed by atoms with Crippen LogP contribution in [0.4, 0.5) is 0 Å². The van der Waals surface area contributed by atoms with Crippen molar-refractivity contribution in [3.8, 4) is 17.0 Å². The number of aromatic hydroxyl groups is 1. The van der Waals surface area contributed by atoms with Crippen molar-refractivity contribution in [3.63, 3.8) is 0 Å². The minimum Gasteiger partial charge on any atom is -0.508 e. The summed E-state index contributed by atoms with van der Waals surface area (Å²) in [4.78, 5) is 16.1. The number of carbonyl (C=O) groups is 1. The molecular formula is C17H16N4O2. The Morgan fingerprint density at radius 3 is 2.61 bits per heavy atom. The second-order valence-corrected chi connectivity index (χ2v) is 5.08. The molecule has 0 saturated carbocycles. The number of rotatable bonds is 5. The lowest BCUT2D eigenvalue weighted by molar-refractivity contribution is 0.0949. The van der Waals surface area contributed by atoms with Gasteiger partial charge in [0.1, 0.15) is 11.4 Å². The van der Waals surface area contributed by atoms with E-state index in [1.165, 1.54) is 0 Å². The predicted molar refractivity (Wildman–Crippen MR) is 86.0 cm³/mol. The molecule has 3 N–H and O–H groups in total. The van der Waals surface area contributed by atoms with E-state index < -0.39 is 0 Å². The van der Waals surface area contributed by atoms with Crippen LogP contribution in [0.2, 0.25) is 0 Å². The molecule has 3 aromatic rings. The standard InChI is InChI=1S/C17H16N4O2/c22-14-3-1-12(2-4-14)5-10-19-17(23)16-11-15(20-21-16)13-6-8-18-9-7-13/h1-4,6-9,11,22H,5,10H2,(H,19,23)(H,20,21). The molecule has 0 bridgehead atoms. The topological polar surface area (TPSA) is 90.9 Å². The van der Waals surface area contributed by atoms with E-state index in [4.69, 9.17) is 0 Å². The molecule has 0 unspecified atom stereocenters. The van der Waals surface area contributed by atoms with Crippen LogP contribution >= 0.6 is 0 Å². The van der Waals surface area contributed by atoms with Crippen LogP contribution in [0.15, 0.2) is 54.9 Å². The molecule has 23 heavy (non-hydrogen) atoms. The van der Waals surface area contributed by atoms with Crippen LogP contribution in [0.25, 0.3) is 11.3 Å². The van der Waals surface area contributed by atoms with Gasteiger partial charge in [0, 0.05) is 24.5 Å². The molecule has 0 aliphatic heterocycles. The highest BCUT2D eigenvalue weighted by Gasteiger charge is 2.10. The number of hydrogen-bond donors (Lipinski definition) is 3. The number of amides is 1. The van der Waals surface area contributed by atoms with Gasteiger partial charge in [0.05, 0.1) is 5.69 Å². The zero-order valence-electron chi connectivity index (χ0n) is 12.4. The number of nitrogens with zero attached hydrogens (tertiary/aromatic N) is 2. The third kappa shape index (κ3) is 3.74. The SMILES string of the molecule is O=C(NCCc1ccc(O)cc1)c1cc(-c2ccncc2)n[nH]1. The number of H-pyrrole nitrogens is 1. The Labute approximate surface area is 133 Å². The zero-order chi connectivity index (χ0) is 16.1. The number of phenols is 1. The fraction of sp³-hybridized carbons (Fsp3) is 0.118. The normalized spacial score (nSPS) is 10.4. The van der Waals surface area contributed by atoms with E-state index in [-0.39, 0.29) is 11.7 Å². The maximum atomic E-state index is 12.1. The molecule has 0 fully saturated rings. The van der Waals surface area contributed by atoms with Gasteiger partial charge in [0.25, 0.3) is 5.91 Å². The highest BCUT2D eigenvalue weighted by atomic mass is 16.3. The Balaban J connectivity index is 1.56. The largest absolute Gasteiger partial charge is 0.508 e. The predicted octanol–water partition coefficient (Wildman–Crippen LogP) is 2.15. The van der Waals surface area contributed by atoms with Gasteiger partial charge < -0.3 is 10.4 Å². The Kier molecular flexibility index (Phi) is 4.33. The lowest BCUT2D eigenvalue weighted by Crippen LogP contribution is -2.26. The van der Waals surface area contributed by atoms with E-state index in [2.05, 4.69) is 20.5 Å². The van der Waals surface area contributed by atoms with Gasteiger partial charge in [-0.3, -0.25) is 14.9 Å². The van der Waals surface area contributed by atoms with Gasteiger partial charge in [-0.15, -0.1) is 0 Å². The molecule has 0 aliphatic carbocycles. The highest BCUT2D eigenvalue weighted by Crippen LogP contribution is 2.16. The number of nitrogens with one attached hydrogen (secondary N) is 2. The number of aromatic amines is 1. The first-order valence-electron chi connectivity index (χ1n) is 7.24. The molecule has 116 valence electrons. The third-order valence-corrected chi connectivity index (χ3v) is 3.43. The molecule has 2 heterocycles. The minimum absolute atomic E-state index is 0.198. The van der Waals surface area contributed by atoms with Crippen molar-refractivity contribution in [2.75, 3.05) is 6.54 Å². The van der Waals surface area contributed by atoms with Crippen LogP contribution in [0.3, 0.4) is 0 Å². The van der Waals surface area contributed by atoms with Crippen molar-refractivity contribution >= 4 is 5.91 Å². The molecule has 6 nitrogen and oxygen atoms in total. The number of hydrogen-bond acceptors (Lipinski definition) is 4. The summed E-state index contributed by atoms with van der Waals surface area (Å²) >= 11 is 0. The van der Waals surface area contributed by atoms with Gasteiger partial charge in [-0.05, 0) is 42.3 Å². The van der Waals surface area contributed by atoms with Crippen LogP contribution in [-0.4, -0.2) is 32.7 Å². The number of phenolic OH excluding ortho intramolecular Hbond substituents is 1. The number of carbonyl (C=O) groups excluding carboxylic acids is 1. The molecule has 0 saturated heterocycles. The second kappa shape index (κ2) is 6.74. The van der Waals surface area contributed by atoms with Gasteiger partial charge in [-0.2, -0.15) is 5.10 Å². The number of benzene rings is 1. The maximum absolute atomic E-state index is 12.1. The first-order chi connectivity index (χ1) is 11.2. The fourth-order valence-corrected chi connectivity index (χ4v) is 2.19. The summed E-state index contributed by atoms with van der Waals surface area (Å²) in [5, 5.41) is 19.0. The van der Waals surface area contributed by atoms with E-state index in [1.807, 2.05) is 24.3 Å². The summed E-state index contributed by atoms with van der Waals surface area (Å²) < 4.78 is 0. The summed E-state index contributed by atoms with van der Waals surface area (Å²) in [5.41, 5.74) is 3.07. The Morgan fingerprint density at radius 1 is 1.13 bits per heavy atom. The smallest absolute Gasteiger partial charge is 0.269 e. The Hall–Kier alpha value is -3.15. The second-order valence-electron chi connectivity index (χ2n) is 5.08. The molecule has 2 aromatic heterocycles. The molecular weight excluding hydrogens is 292 g/mol. The third-order valence-electron chi connectivity index (χ3n) is 3.43. The average Bonchev–Trinajstić information content (AvgIpc) is 3.07. The molecule has 3 rings (SSSR count). The van der Waals surface area contributed by atoms with Crippen molar-refractivity contribution in [2.24, 2.45) is 0 Å². The van der Waals surface area contributed by atoms with Gasteiger partial charge >= 0.3 is 0 Å². The first-order valence-corrected chi connectivity index (χ1v) is 7.24. The van der Waals surface area contributed by atoms with Crippen LogP contribution in [0.1, 0.15) is 16.1 Å². The summed E-state index contributed by atoms with van der Waals surface area (Å²) in [6.45, 7) is 0.507. The number of aromatic nitrogens is 3. The maximum Gasteiger partial charge on any atom is 0.269 e. The quantitative estimate of drug-likeness (QED) is 0.673. The van der Waals surface area contributed by atoms with E-state index in [0.29, 0.717) is 24.4 Å². The van der Waals surface area contributed by atoms with E-state index in [9.17, 15) is 9.90 Å². The Bertz CT molecular complexity index is 782. The summed E-state index contributed by atoms with van der Waals surface area (Å²) in [6, 6.07) is 12.3. The molecule has 0 spiro atoms. The van der Waals surface area contributed by atoms with Crippen LogP contribution in [0.5, 0.6) is 5.75 Å². The molecule has 1 amide bonds. The minimum atomic E-state index is -0.198. The summed E-state index contributed by atoms with van der Waals surface area (Å²) in [7, 11) is 0. The van der Waals surface area contributed by atoms with Gasteiger partial charge in [-0.1, -0.05) is 12.1 Å². The lowest BCUT2D eigenvalue weighted by Gasteiger charge is -2.04. The monoisotopic (exact) mass is 308 g/mol.